The molecule has 0 atom stereocenters. The van der Waals surface area contributed by atoms with Gasteiger partial charge in [-0.3, -0.25) is 0 Å². The van der Waals surface area contributed by atoms with Crippen molar-refractivity contribution in [1.82, 2.24) is 14.9 Å². The minimum Gasteiger partial charge on any atom is -0.494 e. The highest BCUT2D eigenvalue weighted by Gasteiger charge is 2.19. The molecule has 132 valence electrons. The van der Waals surface area contributed by atoms with E-state index < -0.39 is 10.0 Å². The zero-order chi connectivity index (χ0) is 17.9. The minimum absolute atomic E-state index is 0.144. The number of nitrogens with zero attached hydrogens (tertiary/aromatic N) is 2. The van der Waals surface area contributed by atoms with Crippen LogP contribution in [0.5, 0.6) is 5.75 Å². The first kappa shape index (κ1) is 17.6. The van der Waals surface area contributed by atoms with E-state index in [4.69, 9.17) is 9.15 Å². The standard InChI is InChI=1S/C16H17N3O4S2/c1-3-22-13-7-5-4-6-12(13)10-17-25(20,21)15-9-8-14(24-15)16-19-18-11(2)23-16/h4-9,17H,3,10H2,1-2H3. The van der Waals surface area contributed by atoms with E-state index in [1.807, 2.05) is 31.2 Å². The summed E-state index contributed by atoms with van der Waals surface area (Å²) in [7, 11) is -3.65. The molecule has 1 aromatic carbocycles. The fourth-order valence-electron chi connectivity index (χ4n) is 2.17. The number of rotatable bonds is 7. The van der Waals surface area contributed by atoms with Gasteiger partial charge in [-0.2, -0.15) is 0 Å². The van der Waals surface area contributed by atoms with Gasteiger partial charge in [0.05, 0.1) is 11.5 Å². The molecule has 0 aliphatic heterocycles. The van der Waals surface area contributed by atoms with Gasteiger partial charge in [0.15, 0.2) is 0 Å². The molecular formula is C16H17N3O4S2. The number of hydrogen-bond acceptors (Lipinski definition) is 7. The largest absolute Gasteiger partial charge is 0.494 e. The third-order valence-corrected chi connectivity index (χ3v) is 6.27. The first-order valence-electron chi connectivity index (χ1n) is 7.60. The number of ether oxygens (including phenoxy) is 1. The normalized spacial score (nSPS) is 11.6. The molecule has 3 rings (SSSR count). The molecule has 9 heteroatoms. The first-order chi connectivity index (χ1) is 12.0. The predicted molar refractivity (Wildman–Crippen MR) is 94.0 cm³/mol. The van der Waals surface area contributed by atoms with E-state index in [0.29, 0.717) is 29.0 Å². The van der Waals surface area contributed by atoms with Crippen molar-refractivity contribution < 1.29 is 17.6 Å². The van der Waals surface area contributed by atoms with Crippen molar-refractivity contribution in [2.75, 3.05) is 6.61 Å². The number of aryl methyl sites for hydroxylation is 1. The lowest BCUT2D eigenvalue weighted by Crippen LogP contribution is -2.22. The topological polar surface area (TPSA) is 94.3 Å². The van der Waals surface area contributed by atoms with Crippen LogP contribution in [0.3, 0.4) is 0 Å². The maximum atomic E-state index is 12.5. The predicted octanol–water partition coefficient (Wildman–Crippen LogP) is 2.98. The molecule has 0 unspecified atom stereocenters. The molecule has 0 saturated heterocycles. The maximum absolute atomic E-state index is 12.5. The zero-order valence-electron chi connectivity index (χ0n) is 13.7. The Morgan fingerprint density at radius 1 is 1.20 bits per heavy atom. The molecule has 1 N–H and O–H groups in total. The average Bonchev–Trinajstić information content (AvgIpc) is 3.23. The Morgan fingerprint density at radius 3 is 2.72 bits per heavy atom. The van der Waals surface area contributed by atoms with Gasteiger partial charge in [0.1, 0.15) is 9.96 Å². The van der Waals surface area contributed by atoms with E-state index in [1.54, 1.807) is 13.0 Å². The van der Waals surface area contributed by atoms with Crippen molar-refractivity contribution in [3.8, 4) is 16.5 Å². The van der Waals surface area contributed by atoms with Gasteiger partial charge in [-0.1, -0.05) is 18.2 Å². The maximum Gasteiger partial charge on any atom is 0.257 e. The summed E-state index contributed by atoms with van der Waals surface area (Å²) >= 11 is 1.08. The van der Waals surface area contributed by atoms with Crippen LogP contribution in [0.1, 0.15) is 18.4 Å². The lowest BCUT2D eigenvalue weighted by Gasteiger charge is -2.10. The second-order valence-corrected chi connectivity index (χ2v) is 8.19. The highest BCUT2D eigenvalue weighted by molar-refractivity contribution is 7.91. The van der Waals surface area contributed by atoms with Crippen LogP contribution in [0, 0.1) is 6.92 Å². The molecule has 25 heavy (non-hydrogen) atoms. The monoisotopic (exact) mass is 379 g/mol. The molecule has 0 bridgehead atoms. The number of benzene rings is 1. The van der Waals surface area contributed by atoms with Crippen LogP contribution in [0.15, 0.2) is 45.0 Å². The average molecular weight is 379 g/mol. The number of thiophene rings is 1. The summed E-state index contributed by atoms with van der Waals surface area (Å²) in [6.07, 6.45) is 0. The van der Waals surface area contributed by atoms with Gasteiger partial charge in [0.2, 0.25) is 15.9 Å². The van der Waals surface area contributed by atoms with Gasteiger partial charge in [0.25, 0.3) is 5.89 Å². The van der Waals surface area contributed by atoms with Crippen LogP contribution in [0.2, 0.25) is 0 Å². The molecule has 0 radical (unpaired) electrons. The molecular weight excluding hydrogens is 362 g/mol. The summed E-state index contributed by atoms with van der Waals surface area (Å²) in [6, 6.07) is 10.5. The Hall–Kier alpha value is -2.23. The van der Waals surface area contributed by atoms with Crippen molar-refractivity contribution >= 4 is 21.4 Å². The van der Waals surface area contributed by atoms with Crippen molar-refractivity contribution in [2.24, 2.45) is 0 Å². The zero-order valence-corrected chi connectivity index (χ0v) is 15.4. The fourth-order valence-corrected chi connectivity index (χ4v) is 4.44. The van der Waals surface area contributed by atoms with Gasteiger partial charge < -0.3 is 9.15 Å². The summed E-state index contributed by atoms with van der Waals surface area (Å²) in [6.45, 7) is 4.22. The first-order valence-corrected chi connectivity index (χ1v) is 9.90. The Kier molecular flexibility index (Phi) is 5.16. The lowest BCUT2D eigenvalue weighted by molar-refractivity contribution is 0.336. The van der Waals surface area contributed by atoms with Gasteiger partial charge >= 0.3 is 0 Å². The Bertz CT molecular complexity index is 963. The van der Waals surface area contributed by atoms with Crippen molar-refractivity contribution in [3.63, 3.8) is 0 Å². The van der Waals surface area contributed by atoms with E-state index in [0.717, 1.165) is 16.9 Å². The highest BCUT2D eigenvalue weighted by atomic mass is 32.2. The second kappa shape index (κ2) is 7.34. The number of nitrogens with one attached hydrogen (secondary N) is 1. The third-order valence-electron chi connectivity index (χ3n) is 3.31. The smallest absolute Gasteiger partial charge is 0.257 e. The molecule has 3 aromatic rings. The summed E-state index contributed by atoms with van der Waals surface area (Å²) in [5.74, 6) is 1.41. The molecule has 0 aliphatic rings. The van der Waals surface area contributed by atoms with E-state index in [-0.39, 0.29) is 10.8 Å². The molecule has 0 saturated carbocycles. The van der Waals surface area contributed by atoms with Crippen LogP contribution < -0.4 is 9.46 Å². The minimum atomic E-state index is -3.65. The van der Waals surface area contributed by atoms with Crippen LogP contribution >= 0.6 is 11.3 Å². The molecule has 7 nitrogen and oxygen atoms in total. The van der Waals surface area contributed by atoms with Crippen molar-refractivity contribution in [1.29, 1.82) is 0 Å². The van der Waals surface area contributed by atoms with Crippen LogP contribution in [-0.2, 0) is 16.6 Å². The number of aromatic nitrogens is 2. The third kappa shape index (κ3) is 4.06. The number of para-hydroxylation sites is 1. The summed E-state index contributed by atoms with van der Waals surface area (Å²) in [5, 5.41) is 7.65. The van der Waals surface area contributed by atoms with E-state index in [9.17, 15) is 8.42 Å². The molecule has 0 aliphatic carbocycles. The van der Waals surface area contributed by atoms with Crippen molar-refractivity contribution in [3.05, 3.63) is 47.9 Å². The number of hydrogen-bond donors (Lipinski definition) is 1. The summed E-state index contributed by atoms with van der Waals surface area (Å²) < 4.78 is 38.7. The van der Waals surface area contributed by atoms with Crippen molar-refractivity contribution in [2.45, 2.75) is 24.6 Å². The van der Waals surface area contributed by atoms with E-state index in [1.165, 1.54) is 6.07 Å². The van der Waals surface area contributed by atoms with Crippen LogP contribution in [0.25, 0.3) is 10.8 Å². The summed E-state index contributed by atoms with van der Waals surface area (Å²) in [4.78, 5) is 0.607. The molecule has 0 spiro atoms. The summed E-state index contributed by atoms with van der Waals surface area (Å²) in [5.41, 5.74) is 0.775. The SMILES string of the molecule is CCOc1ccccc1CNS(=O)(=O)c1ccc(-c2nnc(C)o2)s1. The van der Waals surface area contributed by atoms with Gasteiger partial charge in [-0.25, -0.2) is 13.1 Å². The molecule has 2 heterocycles. The number of sulfonamides is 1. The van der Waals surface area contributed by atoms with Gasteiger partial charge in [-0.15, -0.1) is 21.5 Å². The molecule has 0 amide bonds. The van der Waals surface area contributed by atoms with E-state index in [2.05, 4.69) is 14.9 Å². The Morgan fingerprint density at radius 2 is 2.00 bits per heavy atom. The van der Waals surface area contributed by atoms with Crippen LogP contribution in [0.4, 0.5) is 0 Å². The van der Waals surface area contributed by atoms with E-state index >= 15 is 0 Å². The van der Waals surface area contributed by atoms with Crippen LogP contribution in [-0.4, -0.2) is 25.2 Å². The molecule has 2 aromatic heterocycles. The second-order valence-electron chi connectivity index (χ2n) is 5.11. The Balaban J connectivity index is 1.76. The van der Waals surface area contributed by atoms with Gasteiger partial charge in [-0.05, 0) is 25.1 Å². The van der Waals surface area contributed by atoms with Gasteiger partial charge in [0, 0.05) is 19.0 Å². The fraction of sp³-hybridized carbons (Fsp3) is 0.250. The quantitative estimate of drug-likeness (QED) is 0.678. The highest BCUT2D eigenvalue weighted by Crippen LogP contribution is 2.30. The molecule has 0 fully saturated rings. The Labute approximate surface area is 149 Å². The lowest BCUT2D eigenvalue weighted by atomic mass is 10.2.